The summed E-state index contributed by atoms with van der Waals surface area (Å²) in [4.78, 5) is 4.16. The highest BCUT2D eigenvalue weighted by Crippen LogP contribution is 2.09. The molecule has 1 atom stereocenters. The Kier molecular flexibility index (Phi) is 2.73. The zero-order valence-corrected chi connectivity index (χ0v) is 8.41. The molecule has 74 valence electrons. The average molecular weight is 183 g/mol. The number of rotatable bonds is 3. The van der Waals surface area contributed by atoms with E-state index in [0.717, 1.165) is 11.4 Å². The number of nitrogens with zero attached hydrogens (tertiary/aromatic N) is 2. The lowest BCUT2D eigenvalue weighted by Crippen LogP contribution is -2.44. The highest BCUT2D eigenvalue weighted by atomic mass is 16.3. The molecule has 1 aromatic rings. The Labute approximate surface area is 78.4 Å². The molecule has 3 N–H and O–H groups in total. The molecule has 0 aromatic carbocycles. The summed E-state index contributed by atoms with van der Waals surface area (Å²) < 4.78 is 1.96. The lowest BCUT2D eigenvalue weighted by atomic mass is 10.1. The molecule has 1 unspecified atom stereocenters. The number of nitrogens with two attached hydrogens (primary N) is 1. The van der Waals surface area contributed by atoms with Crippen LogP contribution < -0.4 is 5.73 Å². The Hall–Kier alpha value is -0.870. The van der Waals surface area contributed by atoms with E-state index in [1.807, 2.05) is 25.3 Å². The van der Waals surface area contributed by atoms with Crippen molar-refractivity contribution in [1.29, 1.82) is 0 Å². The third-order valence-electron chi connectivity index (χ3n) is 2.24. The van der Waals surface area contributed by atoms with Crippen LogP contribution in [0, 0.1) is 13.8 Å². The molecular weight excluding hydrogens is 166 g/mol. The first-order valence-electron chi connectivity index (χ1n) is 4.34. The number of hydrogen-bond acceptors (Lipinski definition) is 3. The molecule has 0 fully saturated rings. The van der Waals surface area contributed by atoms with Crippen molar-refractivity contribution in [2.75, 3.05) is 6.61 Å². The van der Waals surface area contributed by atoms with Gasteiger partial charge in [0, 0.05) is 12.2 Å². The lowest BCUT2D eigenvalue weighted by molar-refractivity contribution is 0.191. The minimum atomic E-state index is -0.572. The van der Waals surface area contributed by atoms with Crippen LogP contribution in [0.5, 0.6) is 0 Å². The minimum absolute atomic E-state index is 0.0241. The standard InChI is InChI=1S/C9H17N3O/c1-7-8(2)12(6-11-7)4-9(3,10)5-13/h6,13H,4-5,10H2,1-3H3. The quantitative estimate of drug-likeness (QED) is 0.704. The van der Waals surface area contributed by atoms with Gasteiger partial charge in [-0.2, -0.15) is 0 Å². The molecule has 4 heteroatoms. The van der Waals surface area contributed by atoms with E-state index in [9.17, 15) is 0 Å². The number of aliphatic hydroxyl groups is 1. The molecule has 0 amide bonds. The molecule has 1 aromatic heterocycles. The first-order valence-corrected chi connectivity index (χ1v) is 4.34. The summed E-state index contributed by atoms with van der Waals surface area (Å²) in [6.07, 6.45) is 1.76. The Morgan fingerprint density at radius 2 is 2.23 bits per heavy atom. The van der Waals surface area contributed by atoms with Crippen molar-refractivity contribution < 1.29 is 5.11 Å². The predicted molar refractivity (Wildman–Crippen MR) is 51.4 cm³/mol. The SMILES string of the molecule is Cc1ncn(CC(C)(N)CO)c1C. The first-order chi connectivity index (χ1) is 5.96. The topological polar surface area (TPSA) is 64.1 Å². The zero-order chi connectivity index (χ0) is 10.1. The Balaban J connectivity index is 2.80. The van der Waals surface area contributed by atoms with E-state index >= 15 is 0 Å². The minimum Gasteiger partial charge on any atom is -0.394 e. The predicted octanol–water partition coefficient (Wildman–Crippen LogP) is 0.210. The Morgan fingerprint density at radius 1 is 1.62 bits per heavy atom. The molecule has 1 heterocycles. The van der Waals surface area contributed by atoms with Crippen LogP contribution in [-0.4, -0.2) is 26.8 Å². The van der Waals surface area contributed by atoms with Crippen LogP contribution >= 0.6 is 0 Å². The van der Waals surface area contributed by atoms with Gasteiger partial charge in [-0.05, 0) is 20.8 Å². The van der Waals surface area contributed by atoms with E-state index in [4.69, 9.17) is 10.8 Å². The van der Waals surface area contributed by atoms with Crippen LogP contribution in [0.3, 0.4) is 0 Å². The third-order valence-corrected chi connectivity index (χ3v) is 2.24. The first kappa shape index (κ1) is 10.2. The average Bonchev–Trinajstić information content (AvgIpc) is 2.36. The molecule has 13 heavy (non-hydrogen) atoms. The van der Waals surface area contributed by atoms with Gasteiger partial charge < -0.3 is 15.4 Å². The normalized spacial score (nSPS) is 15.8. The van der Waals surface area contributed by atoms with Gasteiger partial charge in [0.05, 0.1) is 24.2 Å². The molecule has 0 spiro atoms. The number of aliphatic hydroxyl groups excluding tert-OH is 1. The van der Waals surface area contributed by atoms with Crippen molar-refractivity contribution in [2.45, 2.75) is 32.9 Å². The van der Waals surface area contributed by atoms with Gasteiger partial charge in [-0.15, -0.1) is 0 Å². The number of hydrogen-bond donors (Lipinski definition) is 2. The van der Waals surface area contributed by atoms with Crippen molar-refractivity contribution in [3.63, 3.8) is 0 Å². The summed E-state index contributed by atoms with van der Waals surface area (Å²) in [7, 11) is 0. The second-order valence-electron chi connectivity index (χ2n) is 3.86. The molecule has 0 saturated heterocycles. The van der Waals surface area contributed by atoms with Gasteiger partial charge in [-0.25, -0.2) is 4.98 Å². The lowest BCUT2D eigenvalue weighted by Gasteiger charge is -2.22. The number of imidazole rings is 1. The Bertz CT molecular complexity index is 291. The maximum atomic E-state index is 8.99. The molecule has 0 saturated carbocycles. The summed E-state index contributed by atoms with van der Waals surface area (Å²) in [6.45, 7) is 6.34. The van der Waals surface area contributed by atoms with Crippen LogP contribution in [0.4, 0.5) is 0 Å². The maximum Gasteiger partial charge on any atom is 0.0952 e. The van der Waals surface area contributed by atoms with Gasteiger partial charge in [0.1, 0.15) is 0 Å². The maximum absolute atomic E-state index is 8.99. The molecule has 0 aliphatic rings. The zero-order valence-electron chi connectivity index (χ0n) is 8.41. The third kappa shape index (κ3) is 2.29. The Morgan fingerprint density at radius 3 is 2.62 bits per heavy atom. The fraction of sp³-hybridized carbons (Fsp3) is 0.667. The highest BCUT2D eigenvalue weighted by Gasteiger charge is 2.18. The van der Waals surface area contributed by atoms with Crippen LogP contribution in [0.2, 0.25) is 0 Å². The van der Waals surface area contributed by atoms with Gasteiger partial charge in [-0.3, -0.25) is 0 Å². The van der Waals surface area contributed by atoms with Crippen molar-refractivity contribution >= 4 is 0 Å². The molecule has 4 nitrogen and oxygen atoms in total. The fourth-order valence-corrected chi connectivity index (χ4v) is 1.14. The van der Waals surface area contributed by atoms with E-state index in [1.54, 1.807) is 6.33 Å². The summed E-state index contributed by atoms with van der Waals surface area (Å²) in [5.41, 5.74) is 7.37. The smallest absolute Gasteiger partial charge is 0.0952 e. The summed E-state index contributed by atoms with van der Waals surface area (Å²) >= 11 is 0. The van der Waals surface area contributed by atoms with E-state index in [1.165, 1.54) is 0 Å². The van der Waals surface area contributed by atoms with E-state index in [0.29, 0.717) is 6.54 Å². The van der Waals surface area contributed by atoms with Crippen molar-refractivity contribution in [1.82, 2.24) is 9.55 Å². The summed E-state index contributed by atoms with van der Waals surface area (Å²) in [5.74, 6) is 0. The van der Waals surface area contributed by atoms with Crippen LogP contribution in [0.1, 0.15) is 18.3 Å². The highest BCUT2D eigenvalue weighted by molar-refractivity contribution is 5.09. The van der Waals surface area contributed by atoms with Gasteiger partial charge in [0.25, 0.3) is 0 Å². The van der Waals surface area contributed by atoms with Crippen LogP contribution in [-0.2, 0) is 6.54 Å². The molecule has 0 radical (unpaired) electrons. The summed E-state index contributed by atoms with van der Waals surface area (Å²) in [5, 5.41) is 8.99. The molecule has 0 aliphatic carbocycles. The van der Waals surface area contributed by atoms with E-state index in [-0.39, 0.29) is 6.61 Å². The van der Waals surface area contributed by atoms with Crippen molar-refractivity contribution in [2.24, 2.45) is 5.73 Å². The largest absolute Gasteiger partial charge is 0.394 e. The molecular formula is C9H17N3O. The number of aryl methyl sites for hydroxylation is 1. The second-order valence-corrected chi connectivity index (χ2v) is 3.86. The van der Waals surface area contributed by atoms with Crippen LogP contribution in [0.25, 0.3) is 0 Å². The molecule has 0 aliphatic heterocycles. The monoisotopic (exact) mass is 183 g/mol. The summed E-state index contributed by atoms with van der Waals surface area (Å²) in [6, 6.07) is 0. The fourth-order valence-electron chi connectivity index (χ4n) is 1.14. The van der Waals surface area contributed by atoms with Gasteiger partial charge in [-0.1, -0.05) is 0 Å². The van der Waals surface area contributed by atoms with E-state index in [2.05, 4.69) is 4.98 Å². The van der Waals surface area contributed by atoms with Gasteiger partial charge in [0.2, 0.25) is 0 Å². The molecule has 0 bridgehead atoms. The second kappa shape index (κ2) is 3.47. The van der Waals surface area contributed by atoms with Gasteiger partial charge >= 0.3 is 0 Å². The van der Waals surface area contributed by atoms with E-state index < -0.39 is 5.54 Å². The molecule has 1 rings (SSSR count). The van der Waals surface area contributed by atoms with Gasteiger partial charge in [0.15, 0.2) is 0 Å². The number of aromatic nitrogens is 2. The van der Waals surface area contributed by atoms with Crippen molar-refractivity contribution in [3.05, 3.63) is 17.7 Å². The van der Waals surface area contributed by atoms with Crippen molar-refractivity contribution in [3.8, 4) is 0 Å². The van der Waals surface area contributed by atoms with Crippen LogP contribution in [0.15, 0.2) is 6.33 Å².